The fourth-order valence-electron chi connectivity index (χ4n) is 1.92. The number of hydrogen-bond donors (Lipinski definition) is 1. The minimum Gasteiger partial charge on any atom is -0.396 e. The Balaban J connectivity index is 2.34. The van der Waals surface area contributed by atoms with Gasteiger partial charge in [0.2, 0.25) is 0 Å². The molecular weight excluding hydrogens is 232 g/mol. The predicted octanol–water partition coefficient (Wildman–Crippen LogP) is 2.89. The number of aliphatic hydroxyl groups is 1. The Kier molecular flexibility index (Phi) is 3.97. The lowest BCUT2D eigenvalue weighted by molar-refractivity contribution is 0.288. The second kappa shape index (κ2) is 5.47. The number of benzene rings is 1. The number of nitrogens with zero attached hydrogens (tertiary/aromatic N) is 2. The molecule has 1 aromatic heterocycles. The molecule has 0 saturated heterocycles. The van der Waals surface area contributed by atoms with Gasteiger partial charge in [-0.15, -0.1) is 0 Å². The van der Waals surface area contributed by atoms with Gasteiger partial charge >= 0.3 is 0 Å². The third-order valence-electron chi connectivity index (χ3n) is 2.81. The van der Waals surface area contributed by atoms with Gasteiger partial charge in [-0.05, 0) is 43.9 Å². The van der Waals surface area contributed by atoms with Crippen molar-refractivity contribution in [2.75, 3.05) is 18.1 Å². The molecule has 0 unspecified atom stereocenters. The summed E-state index contributed by atoms with van der Waals surface area (Å²) < 4.78 is 4.47. The van der Waals surface area contributed by atoms with Gasteiger partial charge in [0, 0.05) is 24.6 Å². The SMILES string of the molecule is CC(C)N(CCCO)c1snc2ccccc12. The molecule has 4 heteroatoms. The molecule has 17 heavy (non-hydrogen) atoms. The van der Waals surface area contributed by atoms with E-state index in [-0.39, 0.29) is 6.61 Å². The first-order valence-electron chi connectivity index (χ1n) is 5.96. The summed E-state index contributed by atoms with van der Waals surface area (Å²) in [6.07, 6.45) is 0.796. The molecule has 0 bridgehead atoms. The molecule has 3 nitrogen and oxygen atoms in total. The van der Waals surface area contributed by atoms with Gasteiger partial charge in [-0.1, -0.05) is 12.1 Å². The summed E-state index contributed by atoms with van der Waals surface area (Å²) in [7, 11) is 0. The summed E-state index contributed by atoms with van der Waals surface area (Å²) >= 11 is 1.54. The van der Waals surface area contributed by atoms with Crippen LogP contribution in [-0.4, -0.2) is 28.7 Å². The van der Waals surface area contributed by atoms with Crippen molar-refractivity contribution in [1.82, 2.24) is 4.37 Å². The van der Waals surface area contributed by atoms with Crippen molar-refractivity contribution < 1.29 is 5.11 Å². The molecule has 0 aliphatic heterocycles. The Morgan fingerprint density at radius 3 is 2.82 bits per heavy atom. The Bertz CT molecular complexity index is 481. The summed E-state index contributed by atoms with van der Waals surface area (Å²) in [5.74, 6) is 0. The van der Waals surface area contributed by atoms with E-state index in [1.807, 2.05) is 18.2 Å². The normalized spacial score (nSPS) is 11.3. The fraction of sp³-hybridized carbons (Fsp3) is 0.462. The molecule has 0 atom stereocenters. The van der Waals surface area contributed by atoms with Crippen molar-refractivity contribution in [3.8, 4) is 0 Å². The van der Waals surface area contributed by atoms with Crippen LogP contribution < -0.4 is 4.90 Å². The standard InChI is InChI=1S/C13H18N2OS/c1-10(2)15(8-5-9-16)13-11-6-3-4-7-12(11)14-17-13/h3-4,6-7,10,16H,5,8-9H2,1-2H3. The zero-order valence-corrected chi connectivity index (χ0v) is 11.1. The zero-order valence-electron chi connectivity index (χ0n) is 10.3. The first kappa shape index (κ1) is 12.3. The van der Waals surface area contributed by atoms with Crippen molar-refractivity contribution in [1.29, 1.82) is 0 Å². The number of rotatable bonds is 5. The Morgan fingerprint density at radius 1 is 1.35 bits per heavy atom. The largest absolute Gasteiger partial charge is 0.396 e. The van der Waals surface area contributed by atoms with Crippen LogP contribution in [0.4, 0.5) is 5.00 Å². The van der Waals surface area contributed by atoms with Crippen molar-refractivity contribution in [2.24, 2.45) is 0 Å². The highest BCUT2D eigenvalue weighted by atomic mass is 32.1. The number of aliphatic hydroxyl groups excluding tert-OH is 1. The van der Waals surface area contributed by atoms with Crippen LogP contribution in [0.5, 0.6) is 0 Å². The molecule has 1 heterocycles. The highest BCUT2D eigenvalue weighted by molar-refractivity contribution is 7.11. The van der Waals surface area contributed by atoms with E-state index in [0.717, 1.165) is 18.5 Å². The summed E-state index contributed by atoms with van der Waals surface area (Å²) in [5.41, 5.74) is 1.06. The molecule has 0 aliphatic carbocycles. The van der Waals surface area contributed by atoms with Crippen LogP contribution in [0, 0.1) is 0 Å². The molecular formula is C13H18N2OS. The molecule has 92 valence electrons. The Labute approximate surface area is 106 Å². The molecule has 0 aliphatic rings. The molecule has 0 spiro atoms. The highest BCUT2D eigenvalue weighted by Gasteiger charge is 2.15. The van der Waals surface area contributed by atoms with Crippen LogP contribution >= 0.6 is 11.5 Å². The predicted molar refractivity (Wildman–Crippen MR) is 73.8 cm³/mol. The minimum absolute atomic E-state index is 0.236. The van der Waals surface area contributed by atoms with E-state index in [1.54, 1.807) is 11.5 Å². The van der Waals surface area contributed by atoms with Crippen LogP contribution in [0.25, 0.3) is 10.9 Å². The van der Waals surface area contributed by atoms with Crippen LogP contribution in [0.2, 0.25) is 0 Å². The summed E-state index contributed by atoms with van der Waals surface area (Å²) in [6.45, 7) is 5.46. The van der Waals surface area contributed by atoms with E-state index in [0.29, 0.717) is 6.04 Å². The Hall–Kier alpha value is -1.13. The van der Waals surface area contributed by atoms with Gasteiger partial charge < -0.3 is 10.0 Å². The number of fused-ring (bicyclic) bond motifs is 1. The molecule has 0 fully saturated rings. The molecule has 2 rings (SSSR count). The lowest BCUT2D eigenvalue weighted by atomic mass is 10.2. The van der Waals surface area contributed by atoms with Crippen molar-refractivity contribution in [2.45, 2.75) is 26.3 Å². The quantitative estimate of drug-likeness (QED) is 0.886. The second-order valence-corrected chi connectivity index (χ2v) is 5.12. The first-order chi connectivity index (χ1) is 8.24. The molecule has 0 amide bonds. The van der Waals surface area contributed by atoms with Crippen molar-refractivity contribution >= 4 is 27.4 Å². The van der Waals surface area contributed by atoms with E-state index in [4.69, 9.17) is 5.11 Å². The summed E-state index contributed by atoms with van der Waals surface area (Å²) in [4.78, 5) is 2.32. The van der Waals surface area contributed by atoms with Gasteiger partial charge in [0.05, 0.1) is 5.52 Å². The molecule has 0 radical (unpaired) electrons. The molecule has 0 saturated carbocycles. The smallest absolute Gasteiger partial charge is 0.120 e. The lowest BCUT2D eigenvalue weighted by Crippen LogP contribution is -2.31. The fourth-order valence-corrected chi connectivity index (χ4v) is 2.94. The van der Waals surface area contributed by atoms with E-state index in [1.165, 1.54) is 10.4 Å². The highest BCUT2D eigenvalue weighted by Crippen LogP contribution is 2.32. The average molecular weight is 250 g/mol. The Morgan fingerprint density at radius 2 is 2.12 bits per heavy atom. The van der Waals surface area contributed by atoms with Gasteiger partial charge in [0.15, 0.2) is 0 Å². The summed E-state index contributed by atoms with van der Waals surface area (Å²) in [6, 6.07) is 8.64. The van der Waals surface area contributed by atoms with Gasteiger partial charge in [-0.3, -0.25) is 0 Å². The first-order valence-corrected chi connectivity index (χ1v) is 6.73. The molecule has 2 aromatic rings. The van der Waals surface area contributed by atoms with Crippen molar-refractivity contribution in [3.05, 3.63) is 24.3 Å². The third-order valence-corrected chi connectivity index (χ3v) is 3.72. The van der Waals surface area contributed by atoms with Gasteiger partial charge in [-0.25, -0.2) is 0 Å². The maximum absolute atomic E-state index is 8.97. The maximum atomic E-state index is 8.97. The summed E-state index contributed by atoms with van der Waals surface area (Å²) in [5, 5.41) is 11.4. The van der Waals surface area contributed by atoms with Crippen LogP contribution in [0.15, 0.2) is 24.3 Å². The number of hydrogen-bond acceptors (Lipinski definition) is 4. The van der Waals surface area contributed by atoms with Crippen molar-refractivity contribution in [3.63, 3.8) is 0 Å². The third kappa shape index (κ3) is 2.58. The lowest BCUT2D eigenvalue weighted by Gasteiger charge is -2.27. The average Bonchev–Trinajstić information content (AvgIpc) is 2.73. The van der Waals surface area contributed by atoms with Gasteiger partial charge in [-0.2, -0.15) is 4.37 Å². The van der Waals surface area contributed by atoms with E-state index < -0.39 is 0 Å². The van der Waals surface area contributed by atoms with Crippen LogP contribution in [-0.2, 0) is 0 Å². The number of anilines is 1. The minimum atomic E-state index is 0.236. The number of aromatic nitrogens is 1. The monoisotopic (exact) mass is 250 g/mol. The maximum Gasteiger partial charge on any atom is 0.120 e. The molecule has 1 aromatic carbocycles. The van der Waals surface area contributed by atoms with E-state index in [9.17, 15) is 0 Å². The van der Waals surface area contributed by atoms with Gasteiger partial charge in [0.25, 0.3) is 0 Å². The topological polar surface area (TPSA) is 36.4 Å². The zero-order chi connectivity index (χ0) is 12.3. The van der Waals surface area contributed by atoms with E-state index >= 15 is 0 Å². The van der Waals surface area contributed by atoms with Gasteiger partial charge in [0.1, 0.15) is 5.00 Å². The van der Waals surface area contributed by atoms with Crippen LogP contribution in [0.3, 0.4) is 0 Å². The second-order valence-electron chi connectivity index (χ2n) is 4.37. The van der Waals surface area contributed by atoms with E-state index in [2.05, 4.69) is 29.2 Å². The van der Waals surface area contributed by atoms with Crippen LogP contribution in [0.1, 0.15) is 20.3 Å². The molecule has 1 N–H and O–H groups in total.